The van der Waals surface area contributed by atoms with Crippen molar-refractivity contribution in [1.82, 2.24) is 14.8 Å². The van der Waals surface area contributed by atoms with E-state index in [0.717, 1.165) is 61.1 Å². The van der Waals surface area contributed by atoms with Crippen LogP contribution in [0.25, 0.3) is 28.2 Å². The number of morpholine rings is 1. The van der Waals surface area contributed by atoms with Crippen molar-refractivity contribution in [1.29, 1.82) is 0 Å². The molecule has 1 N–H and O–H groups in total. The molecule has 1 aliphatic rings. The lowest BCUT2D eigenvalue weighted by atomic mass is 10.1. The van der Waals surface area contributed by atoms with Gasteiger partial charge >= 0.3 is 0 Å². The Morgan fingerprint density at radius 2 is 1.64 bits per heavy atom. The number of pyridine rings is 1. The van der Waals surface area contributed by atoms with Gasteiger partial charge in [0, 0.05) is 11.1 Å². The second kappa shape index (κ2) is 11.0. The fraction of sp³-hybridized carbons (Fsp3) is 0.259. The zero-order valence-corrected chi connectivity index (χ0v) is 19.2. The maximum Gasteiger partial charge on any atom is 0.132 e. The molecule has 0 aliphatic carbocycles. The van der Waals surface area contributed by atoms with Crippen LogP contribution in [-0.4, -0.2) is 41.1 Å². The standard InChI is InChI=1S/C25H23FN4O.C2H6/c26-23-9-5-4-8-22(23)25-20(18-29-12-14-31-15-13-29)16-28-30(25)21-10-11-24(27-17-21)19-6-2-1-3-7-19;1-2/h1-11,16-17H,12-15,18H2;1-2H3/p+1. The molecule has 1 aliphatic heterocycles. The summed E-state index contributed by atoms with van der Waals surface area (Å²) >= 11 is 0. The largest absolute Gasteiger partial charge is 0.370 e. The van der Waals surface area contributed by atoms with Crippen molar-refractivity contribution >= 4 is 0 Å². The molecule has 0 amide bonds. The third-order valence-electron chi connectivity index (χ3n) is 5.68. The number of aromatic nitrogens is 3. The Morgan fingerprint density at radius 3 is 2.33 bits per heavy atom. The predicted molar refractivity (Wildman–Crippen MR) is 129 cm³/mol. The summed E-state index contributed by atoms with van der Waals surface area (Å²) in [7, 11) is 0. The van der Waals surface area contributed by atoms with Crippen molar-refractivity contribution in [2.24, 2.45) is 0 Å². The van der Waals surface area contributed by atoms with E-state index in [-0.39, 0.29) is 5.82 Å². The van der Waals surface area contributed by atoms with Gasteiger partial charge < -0.3 is 9.64 Å². The highest BCUT2D eigenvalue weighted by molar-refractivity contribution is 5.67. The summed E-state index contributed by atoms with van der Waals surface area (Å²) in [5.41, 5.74) is 5.11. The molecule has 0 spiro atoms. The monoisotopic (exact) mass is 445 g/mol. The summed E-state index contributed by atoms with van der Waals surface area (Å²) in [6.07, 6.45) is 3.65. The molecule has 5 nitrogen and oxygen atoms in total. The smallest absolute Gasteiger partial charge is 0.132 e. The average molecular weight is 446 g/mol. The van der Waals surface area contributed by atoms with Gasteiger partial charge in [-0.3, -0.25) is 4.98 Å². The van der Waals surface area contributed by atoms with Gasteiger partial charge in [0.2, 0.25) is 0 Å². The Morgan fingerprint density at radius 1 is 0.909 bits per heavy atom. The molecule has 0 saturated carbocycles. The number of benzene rings is 2. The molecule has 170 valence electrons. The number of hydrogen-bond acceptors (Lipinski definition) is 3. The fourth-order valence-corrected chi connectivity index (χ4v) is 4.04. The van der Waals surface area contributed by atoms with E-state index in [9.17, 15) is 4.39 Å². The van der Waals surface area contributed by atoms with Gasteiger partial charge in [0.1, 0.15) is 25.5 Å². The maximum atomic E-state index is 14.8. The van der Waals surface area contributed by atoms with Gasteiger partial charge in [0.15, 0.2) is 0 Å². The van der Waals surface area contributed by atoms with Crippen LogP contribution in [0.3, 0.4) is 0 Å². The van der Waals surface area contributed by atoms with E-state index in [0.29, 0.717) is 5.56 Å². The van der Waals surface area contributed by atoms with Crippen LogP contribution >= 0.6 is 0 Å². The van der Waals surface area contributed by atoms with Gasteiger partial charge in [-0.15, -0.1) is 0 Å². The van der Waals surface area contributed by atoms with E-state index in [1.54, 1.807) is 16.9 Å². The molecule has 4 aromatic rings. The maximum absolute atomic E-state index is 14.8. The number of rotatable bonds is 5. The van der Waals surface area contributed by atoms with Crippen LogP contribution in [0.15, 0.2) is 79.1 Å². The Bertz CT molecular complexity index is 1150. The Hall–Kier alpha value is -3.35. The fourth-order valence-electron chi connectivity index (χ4n) is 4.04. The second-order valence-electron chi connectivity index (χ2n) is 7.72. The third kappa shape index (κ3) is 5.18. The van der Waals surface area contributed by atoms with Crippen LogP contribution in [0.4, 0.5) is 4.39 Å². The Labute approximate surface area is 194 Å². The highest BCUT2D eigenvalue weighted by atomic mass is 19.1. The molecular formula is C27H30FN4O+. The molecule has 1 fully saturated rings. The lowest BCUT2D eigenvalue weighted by molar-refractivity contribution is -0.921. The molecule has 0 unspecified atom stereocenters. The summed E-state index contributed by atoms with van der Waals surface area (Å²) in [5, 5.41) is 4.64. The SMILES string of the molecule is CC.Fc1ccccc1-c1c(C[NH+]2CCOCC2)cnn1-c1ccc(-c2ccccc2)nc1. The van der Waals surface area contributed by atoms with E-state index in [4.69, 9.17) is 4.74 Å². The highest BCUT2D eigenvalue weighted by Crippen LogP contribution is 2.29. The molecule has 6 heteroatoms. The third-order valence-corrected chi connectivity index (χ3v) is 5.68. The van der Waals surface area contributed by atoms with Crippen LogP contribution < -0.4 is 4.90 Å². The molecule has 1 saturated heterocycles. The molecule has 2 aromatic carbocycles. The first-order valence-corrected chi connectivity index (χ1v) is 11.5. The predicted octanol–water partition coefficient (Wildman–Crippen LogP) is 4.18. The van der Waals surface area contributed by atoms with E-state index in [2.05, 4.69) is 10.1 Å². The van der Waals surface area contributed by atoms with Crippen molar-refractivity contribution in [2.45, 2.75) is 20.4 Å². The van der Waals surface area contributed by atoms with Crippen molar-refractivity contribution in [3.63, 3.8) is 0 Å². The Kier molecular flexibility index (Phi) is 7.60. The van der Waals surface area contributed by atoms with Crippen LogP contribution in [0.2, 0.25) is 0 Å². The van der Waals surface area contributed by atoms with E-state index < -0.39 is 0 Å². The first-order valence-electron chi connectivity index (χ1n) is 11.5. The normalized spacial score (nSPS) is 13.9. The summed E-state index contributed by atoms with van der Waals surface area (Å²) < 4.78 is 22.1. The molecule has 0 atom stereocenters. The average Bonchev–Trinajstić information content (AvgIpc) is 3.30. The number of nitrogens with one attached hydrogen (secondary N) is 1. The van der Waals surface area contributed by atoms with Crippen LogP contribution in [0.1, 0.15) is 19.4 Å². The molecule has 2 aromatic heterocycles. The van der Waals surface area contributed by atoms with E-state index in [1.807, 2.05) is 74.6 Å². The Balaban J connectivity index is 0.00000126. The number of quaternary nitrogens is 1. The zero-order valence-electron chi connectivity index (χ0n) is 19.2. The zero-order chi connectivity index (χ0) is 23.0. The van der Waals surface area contributed by atoms with Gasteiger partial charge in [0.05, 0.1) is 48.2 Å². The quantitative estimate of drug-likeness (QED) is 0.501. The van der Waals surface area contributed by atoms with Crippen LogP contribution in [-0.2, 0) is 11.3 Å². The summed E-state index contributed by atoms with van der Waals surface area (Å²) in [6, 6.07) is 20.9. The van der Waals surface area contributed by atoms with Gasteiger partial charge in [0.25, 0.3) is 0 Å². The van der Waals surface area contributed by atoms with Crippen LogP contribution in [0.5, 0.6) is 0 Å². The first-order chi connectivity index (χ1) is 16.3. The summed E-state index contributed by atoms with van der Waals surface area (Å²) in [4.78, 5) is 6.05. The van der Waals surface area contributed by atoms with Crippen molar-refractivity contribution in [3.05, 3.63) is 90.5 Å². The van der Waals surface area contributed by atoms with Gasteiger partial charge in [-0.1, -0.05) is 56.3 Å². The van der Waals surface area contributed by atoms with Crippen molar-refractivity contribution < 1.29 is 14.0 Å². The molecule has 0 radical (unpaired) electrons. The molecule has 33 heavy (non-hydrogen) atoms. The van der Waals surface area contributed by atoms with Gasteiger partial charge in [-0.05, 0) is 24.3 Å². The molecule has 3 heterocycles. The topological polar surface area (TPSA) is 44.4 Å². The number of hydrogen-bond donors (Lipinski definition) is 1. The van der Waals surface area contributed by atoms with E-state index in [1.165, 1.54) is 11.0 Å². The number of halogens is 1. The number of nitrogens with zero attached hydrogens (tertiary/aromatic N) is 3. The lowest BCUT2D eigenvalue weighted by Crippen LogP contribution is -3.12. The van der Waals surface area contributed by atoms with Gasteiger partial charge in [-0.2, -0.15) is 5.10 Å². The lowest BCUT2D eigenvalue weighted by Gasteiger charge is -2.23. The minimum absolute atomic E-state index is 0.253. The van der Waals surface area contributed by atoms with Crippen molar-refractivity contribution in [3.8, 4) is 28.2 Å². The minimum Gasteiger partial charge on any atom is -0.370 e. The van der Waals surface area contributed by atoms with E-state index >= 15 is 0 Å². The summed E-state index contributed by atoms with van der Waals surface area (Å²) in [5.74, 6) is -0.253. The minimum atomic E-state index is -0.253. The highest BCUT2D eigenvalue weighted by Gasteiger charge is 2.22. The number of ether oxygens (including phenoxy) is 1. The second-order valence-corrected chi connectivity index (χ2v) is 7.72. The molecule has 0 bridgehead atoms. The molecular weight excluding hydrogens is 415 g/mol. The van der Waals surface area contributed by atoms with Crippen LogP contribution in [0, 0.1) is 5.82 Å². The summed E-state index contributed by atoms with van der Waals surface area (Å²) in [6.45, 7) is 8.17. The first kappa shape index (κ1) is 22.8. The van der Waals surface area contributed by atoms with Gasteiger partial charge in [-0.25, -0.2) is 9.07 Å². The van der Waals surface area contributed by atoms with Crippen molar-refractivity contribution in [2.75, 3.05) is 26.3 Å². The molecule has 5 rings (SSSR count).